The van der Waals surface area contributed by atoms with Gasteiger partial charge in [0.1, 0.15) is 6.10 Å². The van der Waals surface area contributed by atoms with Crippen LogP contribution in [0.2, 0.25) is 0 Å². The van der Waals surface area contributed by atoms with Crippen LogP contribution in [-0.4, -0.2) is 10.1 Å². The van der Waals surface area contributed by atoms with Crippen molar-refractivity contribution in [3.63, 3.8) is 0 Å². The Morgan fingerprint density at radius 2 is 1.70 bits per heavy atom. The van der Waals surface area contributed by atoms with E-state index in [0.29, 0.717) is 11.6 Å². The highest BCUT2D eigenvalue weighted by Crippen LogP contribution is 2.33. The van der Waals surface area contributed by atoms with E-state index in [1.165, 1.54) is 37.7 Å². The molecule has 1 aliphatic carbocycles. The van der Waals surface area contributed by atoms with Crippen LogP contribution >= 0.6 is 0 Å². The van der Waals surface area contributed by atoms with Gasteiger partial charge in [0.05, 0.1) is 5.69 Å². The predicted octanol–water partition coefficient (Wildman–Crippen LogP) is 4.21. The lowest BCUT2D eigenvalue weighted by molar-refractivity contribution is 0.215. The maximum Gasteiger partial charge on any atom is 0.121 e. The van der Waals surface area contributed by atoms with E-state index in [1.807, 2.05) is 30.3 Å². The van der Waals surface area contributed by atoms with E-state index in [1.54, 1.807) is 6.20 Å². The third-order valence-electron chi connectivity index (χ3n) is 4.30. The number of aromatic nitrogens is 1. The van der Waals surface area contributed by atoms with Crippen molar-refractivity contribution in [1.29, 1.82) is 0 Å². The monoisotopic (exact) mass is 267 g/mol. The molecule has 1 saturated carbocycles. The normalized spacial score (nSPS) is 17.9. The first kappa shape index (κ1) is 13.3. The molecule has 1 N–H and O–H groups in total. The highest BCUT2D eigenvalue weighted by atomic mass is 16.3. The Morgan fingerprint density at radius 1 is 0.950 bits per heavy atom. The molecule has 2 aromatic rings. The van der Waals surface area contributed by atoms with Gasteiger partial charge >= 0.3 is 0 Å². The molecule has 0 bridgehead atoms. The molecule has 0 spiro atoms. The van der Waals surface area contributed by atoms with Gasteiger partial charge in [-0.25, -0.2) is 0 Å². The summed E-state index contributed by atoms with van der Waals surface area (Å²) < 4.78 is 0. The predicted molar refractivity (Wildman–Crippen MR) is 80.6 cm³/mol. The van der Waals surface area contributed by atoms with Crippen molar-refractivity contribution in [2.75, 3.05) is 0 Å². The summed E-state index contributed by atoms with van der Waals surface area (Å²) in [6.07, 6.45) is 7.79. The summed E-state index contributed by atoms with van der Waals surface area (Å²) in [4.78, 5) is 4.22. The second-order valence-electron chi connectivity index (χ2n) is 5.66. The molecule has 1 unspecified atom stereocenters. The van der Waals surface area contributed by atoms with E-state index in [0.717, 1.165) is 5.56 Å². The molecular formula is C18H21NO. The van der Waals surface area contributed by atoms with Gasteiger partial charge in [-0.2, -0.15) is 0 Å². The molecule has 104 valence electrons. The van der Waals surface area contributed by atoms with Crippen molar-refractivity contribution < 1.29 is 5.11 Å². The molecule has 2 nitrogen and oxygen atoms in total. The lowest BCUT2D eigenvalue weighted by Gasteiger charge is -2.22. The minimum atomic E-state index is -0.628. The molecule has 1 heterocycles. The van der Waals surface area contributed by atoms with Gasteiger partial charge in [-0.15, -0.1) is 0 Å². The summed E-state index contributed by atoms with van der Waals surface area (Å²) in [6.45, 7) is 0. The zero-order valence-corrected chi connectivity index (χ0v) is 11.7. The molecule has 0 radical (unpaired) electrons. The van der Waals surface area contributed by atoms with Gasteiger partial charge in [-0.05, 0) is 42.0 Å². The van der Waals surface area contributed by atoms with Crippen LogP contribution in [0.3, 0.4) is 0 Å². The minimum absolute atomic E-state index is 0.628. The Morgan fingerprint density at radius 3 is 2.35 bits per heavy atom. The van der Waals surface area contributed by atoms with Crippen molar-refractivity contribution in [2.45, 2.75) is 44.1 Å². The van der Waals surface area contributed by atoms with Crippen LogP contribution in [0.1, 0.15) is 60.9 Å². The van der Waals surface area contributed by atoms with E-state index in [-0.39, 0.29) is 0 Å². The largest absolute Gasteiger partial charge is 0.382 e. The Labute approximate surface area is 120 Å². The quantitative estimate of drug-likeness (QED) is 0.903. The summed E-state index contributed by atoms with van der Waals surface area (Å²) >= 11 is 0. The summed E-state index contributed by atoms with van der Waals surface area (Å²) in [5, 5.41) is 10.3. The highest BCUT2D eigenvalue weighted by molar-refractivity contribution is 5.30. The first-order chi connectivity index (χ1) is 9.84. The summed E-state index contributed by atoms with van der Waals surface area (Å²) in [7, 11) is 0. The topological polar surface area (TPSA) is 33.1 Å². The first-order valence-electron chi connectivity index (χ1n) is 7.53. The van der Waals surface area contributed by atoms with Crippen LogP contribution in [0, 0.1) is 0 Å². The fourth-order valence-electron chi connectivity index (χ4n) is 3.09. The third-order valence-corrected chi connectivity index (χ3v) is 4.30. The second kappa shape index (κ2) is 6.19. The van der Waals surface area contributed by atoms with E-state index < -0.39 is 6.10 Å². The standard InChI is InChI=1S/C18H21NO/c20-18(17-8-4-5-13-19-17)16-11-9-15(10-12-16)14-6-2-1-3-7-14/h4-5,8-14,18,20H,1-3,6-7H2. The number of nitrogens with zero attached hydrogens (tertiary/aromatic N) is 1. The fourth-order valence-corrected chi connectivity index (χ4v) is 3.09. The maximum absolute atomic E-state index is 10.3. The van der Waals surface area contributed by atoms with Crippen molar-refractivity contribution in [3.8, 4) is 0 Å². The van der Waals surface area contributed by atoms with Crippen LogP contribution in [-0.2, 0) is 0 Å². The van der Waals surface area contributed by atoms with Crippen LogP contribution in [0.25, 0.3) is 0 Å². The van der Waals surface area contributed by atoms with Crippen molar-refractivity contribution in [1.82, 2.24) is 4.98 Å². The smallest absolute Gasteiger partial charge is 0.121 e. The number of aliphatic hydroxyl groups excluding tert-OH is 1. The van der Waals surface area contributed by atoms with Crippen molar-refractivity contribution in [3.05, 3.63) is 65.5 Å². The molecule has 1 atom stereocenters. The maximum atomic E-state index is 10.3. The Balaban J connectivity index is 1.75. The van der Waals surface area contributed by atoms with Gasteiger partial charge < -0.3 is 5.11 Å². The Hall–Kier alpha value is -1.67. The lowest BCUT2D eigenvalue weighted by Crippen LogP contribution is -2.06. The third kappa shape index (κ3) is 2.91. The SMILES string of the molecule is OC(c1ccc(C2CCCCC2)cc1)c1ccccn1. The summed E-state index contributed by atoms with van der Waals surface area (Å²) in [6, 6.07) is 14.1. The molecule has 1 fully saturated rings. The molecule has 1 aromatic carbocycles. The summed E-state index contributed by atoms with van der Waals surface area (Å²) in [5.74, 6) is 0.713. The van der Waals surface area contributed by atoms with Crippen LogP contribution in [0.4, 0.5) is 0 Å². The minimum Gasteiger partial charge on any atom is -0.382 e. The van der Waals surface area contributed by atoms with Crippen molar-refractivity contribution in [2.24, 2.45) is 0 Å². The molecule has 0 saturated heterocycles. The molecule has 0 amide bonds. The number of benzene rings is 1. The number of rotatable bonds is 3. The highest BCUT2D eigenvalue weighted by Gasteiger charge is 2.16. The summed E-state index contributed by atoms with van der Waals surface area (Å²) in [5.41, 5.74) is 3.04. The van der Waals surface area contributed by atoms with E-state index >= 15 is 0 Å². The molecular weight excluding hydrogens is 246 g/mol. The van der Waals surface area contributed by atoms with Gasteiger partial charge in [0.25, 0.3) is 0 Å². The van der Waals surface area contributed by atoms with Gasteiger partial charge in [0.15, 0.2) is 0 Å². The zero-order chi connectivity index (χ0) is 13.8. The van der Waals surface area contributed by atoms with E-state index in [9.17, 15) is 5.11 Å². The van der Waals surface area contributed by atoms with Crippen LogP contribution in [0.15, 0.2) is 48.7 Å². The molecule has 1 aliphatic rings. The number of pyridine rings is 1. The molecule has 1 aromatic heterocycles. The van der Waals surface area contributed by atoms with Gasteiger partial charge in [0, 0.05) is 6.20 Å². The van der Waals surface area contributed by atoms with Gasteiger partial charge in [-0.3, -0.25) is 4.98 Å². The lowest BCUT2D eigenvalue weighted by atomic mass is 9.84. The molecule has 2 heteroatoms. The van der Waals surface area contributed by atoms with Gasteiger partial charge in [0.2, 0.25) is 0 Å². The average molecular weight is 267 g/mol. The molecule has 20 heavy (non-hydrogen) atoms. The number of aliphatic hydroxyl groups is 1. The Bertz CT molecular complexity index is 529. The Kier molecular flexibility index (Phi) is 4.12. The first-order valence-corrected chi connectivity index (χ1v) is 7.53. The molecule has 0 aliphatic heterocycles. The number of hydrogen-bond donors (Lipinski definition) is 1. The number of hydrogen-bond acceptors (Lipinski definition) is 2. The molecule has 3 rings (SSSR count). The van der Waals surface area contributed by atoms with Crippen LogP contribution in [0.5, 0.6) is 0 Å². The van der Waals surface area contributed by atoms with E-state index in [4.69, 9.17) is 0 Å². The zero-order valence-electron chi connectivity index (χ0n) is 11.7. The second-order valence-corrected chi connectivity index (χ2v) is 5.66. The van der Waals surface area contributed by atoms with Crippen LogP contribution < -0.4 is 0 Å². The fraction of sp³-hybridized carbons (Fsp3) is 0.389. The van der Waals surface area contributed by atoms with Crippen molar-refractivity contribution >= 4 is 0 Å². The van der Waals surface area contributed by atoms with E-state index in [2.05, 4.69) is 17.1 Å². The van der Waals surface area contributed by atoms with Gasteiger partial charge in [-0.1, -0.05) is 49.6 Å². The average Bonchev–Trinajstić information content (AvgIpc) is 2.56.